The number of sulfone groups is 1. The van der Waals surface area contributed by atoms with E-state index in [4.69, 9.17) is 10.1 Å². The molecule has 10 nitrogen and oxygen atoms in total. The molecule has 37 heavy (non-hydrogen) atoms. The molecule has 0 aliphatic carbocycles. The number of likely N-dealkylation sites (tertiary alicyclic amines) is 1. The van der Waals surface area contributed by atoms with Gasteiger partial charge in [-0.2, -0.15) is 10.4 Å². The molecule has 11 heteroatoms. The van der Waals surface area contributed by atoms with Gasteiger partial charge >= 0.3 is 0 Å². The molecule has 2 aromatic heterocycles. The van der Waals surface area contributed by atoms with Crippen molar-refractivity contribution in [2.45, 2.75) is 50.2 Å². The summed E-state index contributed by atoms with van der Waals surface area (Å²) in [6, 6.07) is 8.45. The number of aliphatic hydroxyl groups is 1. The Balaban J connectivity index is 1.48. The van der Waals surface area contributed by atoms with Crippen LogP contribution in [0.25, 0.3) is 5.65 Å². The Morgan fingerprint density at radius 3 is 2.65 bits per heavy atom. The second-order valence-corrected chi connectivity index (χ2v) is 12.1. The molecule has 3 unspecified atom stereocenters. The Hall–Kier alpha value is -3.49. The molecule has 0 radical (unpaired) electrons. The van der Waals surface area contributed by atoms with Crippen LogP contribution >= 0.6 is 0 Å². The number of hydrogen-bond donors (Lipinski definition) is 1. The van der Waals surface area contributed by atoms with Gasteiger partial charge in [0.05, 0.1) is 34.7 Å². The van der Waals surface area contributed by atoms with Crippen LogP contribution in [0.4, 0.5) is 5.82 Å². The monoisotopic (exact) mass is 522 g/mol. The van der Waals surface area contributed by atoms with E-state index in [2.05, 4.69) is 6.07 Å². The minimum atomic E-state index is -3.45. The number of carbonyl (C=O) groups is 1. The zero-order valence-electron chi connectivity index (χ0n) is 21.1. The van der Waals surface area contributed by atoms with Crippen LogP contribution in [-0.4, -0.2) is 70.9 Å². The largest absolute Gasteiger partial charge is 0.390 e. The van der Waals surface area contributed by atoms with Crippen LogP contribution in [-0.2, 0) is 9.84 Å². The molecule has 194 valence electrons. The molecule has 5 rings (SSSR count). The maximum Gasteiger partial charge on any atom is 0.254 e. The van der Waals surface area contributed by atoms with Crippen LogP contribution in [0.1, 0.15) is 52.5 Å². The fourth-order valence-electron chi connectivity index (χ4n) is 5.29. The number of fused-ring (bicyclic) bond motifs is 1. The van der Waals surface area contributed by atoms with Gasteiger partial charge in [0.15, 0.2) is 15.5 Å². The number of amides is 1. The number of aromatic nitrogens is 3. The van der Waals surface area contributed by atoms with E-state index in [1.807, 2.05) is 31.0 Å². The summed E-state index contributed by atoms with van der Waals surface area (Å²) in [4.78, 5) is 22.3. The average molecular weight is 523 g/mol. The summed E-state index contributed by atoms with van der Waals surface area (Å²) in [6.45, 7) is 5.05. The summed E-state index contributed by atoms with van der Waals surface area (Å²) >= 11 is 0. The second-order valence-electron chi connectivity index (χ2n) is 10.1. The van der Waals surface area contributed by atoms with E-state index in [1.165, 1.54) is 12.1 Å². The summed E-state index contributed by atoms with van der Waals surface area (Å²) in [5.41, 5.74) is 3.33. The van der Waals surface area contributed by atoms with Crippen molar-refractivity contribution in [3.8, 4) is 6.07 Å². The molecule has 2 aliphatic heterocycles. The van der Waals surface area contributed by atoms with Crippen LogP contribution in [0, 0.1) is 31.1 Å². The van der Waals surface area contributed by atoms with Crippen molar-refractivity contribution in [2.75, 3.05) is 30.8 Å². The number of nitrogens with zero attached hydrogens (tertiary/aromatic N) is 6. The van der Waals surface area contributed by atoms with Crippen LogP contribution in [0.2, 0.25) is 0 Å². The highest BCUT2D eigenvalue weighted by molar-refractivity contribution is 7.90. The Bertz CT molecular complexity index is 1530. The zero-order valence-corrected chi connectivity index (χ0v) is 21.9. The van der Waals surface area contributed by atoms with E-state index in [0.717, 1.165) is 42.3 Å². The van der Waals surface area contributed by atoms with Crippen LogP contribution in [0.15, 0.2) is 35.4 Å². The molecule has 2 saturated heterocycles. The molecule has 4 heterocycles. The fourth-order valence-corrected chi connectivity index (χ4v) is 5.93. The highest BCUT2D eigenvalue weighted by atomic mass is 32.2. The maximum atomic E-state index is 13.7. The number of carbonyl (C=O) groups excluding carboxylic acids is 1. The molecule has 1 aromatic carbocycles. The van der Waals surface area contributed by atoms with Gasteiger partial charge in [0.2, 0.25) is 0 Å². The number of aryl methyl sites for hydroxylation is 2. The Labute approximate surface area is 216 Å². The van der Waals surface area contributed by atoms with Gasteiger partial charge < -0.3 is 14.9 Å². The number of piperidine rings is 1. The standard InChI is InChI=1S/C26H30N6O4S/c1-16-7-8-19(37(3,35)36)10-20(16)26(34)31-9-5-4-6-22(31)21-11-24-28-25(17(2)13-32(24)29-21)30-14-18(12-27)23(33)15-30/h7-8,10-11,13,18,22-23,33H,4-6,9,14-15H2,1-3H3. The summed E-state index contributed by atoms with van der Waals surface area (Å²) in [7, 11) is -3.45. The lowest BCUT2D eigenvalue weighted by atomic mass is 9.97. The summed E-state index contributed by atoms with van der Waals surface area (Å²) in [6.07, 6.45) is 4.85. The van der Waals surface area contributed by atoms with Crippen LogP contribution in [0.3, 0.4) is 0 Å². The van der Waals surface area contributed by atoms with Crippen molar-refractivity contribution in [2.24, 2.45) is 5.92 Å². The molecule has 1 amide bonds. The first-order chi connectivity index (χ1) is 17.6. The van der Waals surface area contributed by atoms with Crippen molar-refractivity contribution in [1.82, 2.24) is 19.5 Å². The Morgan fingerprint density at radius 2 is 1.95 bits per heavy atom. The van der Waals surface area contributed by atoms with Gasteiger partial charge in [-0.15, -0.1) is 0 Å². The highest BCUT2D eigenvalue weighted by Gasteiger charge is 2.34. The van der Waals surface area contributed by atoms with Gasteiger partial charge in [-0.1, -0.05) is 6.07 Å². The molecule has 1 N–H and O–H groups in total. The second kappa shape index (κ2) is 9.43. The topological polar surface area (TPSA) is 132 Å². The lowest BCUT2D eigenvalue weighted by Crippen LogP contribution is -2.39. The number of aliphatic hydroxyl groups excluding tert-OH is 1. The third-order valence-electron chi connectivity index (χ3n) is 7.35. The minimum absolute atomic E-state index is 0.126. The number of hydrogen-bond acceptors (Lipinski definition) is 8. The smallest absolute Gasteiger partial charge is 0.254 e. The molecular formula is C26H30N6O4S. The van der Waals surface area contributed by atoms with Crippen molar-refractivity contribution < 1.29 is 18.3 Å². The van der Waals surface area contributed by atoms with Crippen molar-refractivity contribution in [3.63, 3.8) is 0 Å². The number of rotatable bonds is 4. The van der Waals surface area contributed by atoms with E-state index in [0.29, 0.717) is 36.7 Å². The first-order valence-corrected chi connectivity index (χ1v) is 14.3. The molecule has 2 aliphatic rings. The molecule has 0 spiro atoms. The lowest BCUT2D eigenvalue weighted by molar-refractivity contribution is 0.0604. The van der Waals surface area contributed by atoms with E-state index in [-0.39, 0.29) is 16.8 Å². The number of benzene rings is 1. The van der Waals surface area contributed by atoms with Crippen molar-refractivity contribution in [1.29, 1.82) is 5.26 Å². The molecule has 0 saturated carbocycles. The maximum absolute atomic E-state index is 13.7. The summed E-state index contributed by atoms with van der Waals surface area (Å²) in [5.74, 6) is 0.0492. The first kappa shape index (κ1) is 25.2. The first-order valence-electron chi connectivity index (χ1n) is 12.4. The van der Waals surface area contributed by atoms with Gasteiger partial charge in [0, 0.05) is 49.3 Å². The van der Waals surface area contributed by atoms with E-state index < -0.39 is 21.9 Å². The van der Waals surface area contributed by atoms with Gasteiger partial charge in [0.1, 0.15) is 5.82 Å². The van der Waals surface area contributed by atoms with E-state index in [1.54, 1.807) is 15.5 Å². The normalized spacial score (nSPS) is 22.4. The third kappa shape index (κ3) is 4.67. The van der Waals surface area contributed by atoms with Gasteiger partial charge in [-0.25, -0.2) is 17.9 Å². The average Bonchev–Trinajstić information content (AvgIpc) is 3.45. The van der Waals surface area contributed by atoms with Gasteiger partial charge in [-0.3, -0.25) is 4.79 Å². The SMILES string of the molecule is Cc1ccc(S(C)(=O)=O)cc1C(=O)N1CCCCC1c1cc2nc(N3CC(O)C(C#N)C3)c(C)cn2n1. The Kier molecular flexibility index (Phi) is 6.41. The van der Waals surface area contributed by atoms with Crippen LogP contribution in [0.5, 0.6) is 0 Å². The quantitative estimate of drug-likeness (QED) is 0.553. The molecule has 3 atom stereocenters. The molecule has 2 fully saturated rings. The number of anilines is 1. The van der Waals surface area contributed by atoms with E-state index in [9.17, 15) is 23.6 Å². The molecule has 3 aromatic rings. The van der Waals surface area contributed by atoms with E-state index >= 15 is 0 Å². The number of nitriles is 1. The predicted octanol–water partition coefficient (Wildman–Crippen LogP) is 2.44. The van der Waals surface area contributed by atoms with Crippen LogP contribution < -0.4 is 4.90 Å². The predicted molar refractivity (Wildman–Crippen MR) is 137 cm³/mol. The third-order valence-corrected chi connectivity index (χ3v) is 8.46. The highest BCUT2D eigenvalue weighted by Crippen LogP contribution is 2.34. The molecular weight excluding hydrogens is 492 g/mol. The van der Waals surface area contributed by atoms with Crippen molar-refractivity contribution >= 4 is 27.2 Å². The minimum Gasteiger partial charge on any atom is -0.390 e. The number of β-amino-alcohol motifs (C(OH)–C–C–N with tert-alkyl or cyclic N) is 1. The summed E-state index contributed by atoms with van der Waals surface area (Å²) < 4.78 is 25.9. The summed E-state index contributed by atoms with van der Waals surface area (Å²) in [5, 5.41) is 24.2. The van der Waals surface area contributed by atoms with Crippen molar-refractivity contribution in [3.05, 3.63) is 52.8 Å². The van der Waals surface area contributed by atoms with Gasteiger partial charge in [0.25, 0.3) is 5.91 Å². The molecule has 0 bridgehead atoms. The van der Waals surface area contributed by atoms with Gasteiger partial charge in [-0.05, 0) is 50.8 Å². The Morgan fingerprint density at radius 1 is 1.16 bits per heavy atom. The fraction of sp³-hybridized carbons (Fsp3) is 0.462. The zero-order chi connectivity index (χ0) is 26.5. The lowest BCUT2D eigenvalue weighted by Gasteiger charge is -2.35.